The third-order valence-electron chi connectivity index (χ3n) is 10.6. The number of ether oxygens (including phenoxy) is 2. The standard InChI is InChI=1S/C47H85NO8/c1-3-5-7-9-11-13-15-16-17-18-19-20-21-22-23-24-25-26-27-29-31-33-35-37-43(51)48-40(39-55-47-46(54)45(53)44(52)42(38-49)56-47)41(50)36-34-32-30-28-14-12-10-8-6-4-2/h6,8,14,18-19,28,34,36,40-42,44-47,49-50,52-54H,3-5,7,9-13,15-17,20-27,29-33,35,37-39H2,1-2H3,(H,48,51)/b8-6+,19-18-,28-14+,36-34+. The molecule has 7 unspecified atom stereocenters. The average molecular weight is 792 g/mol. The van der Waals surface area contributed by atoms with Gasteiger partial charge >= 0.3 is 0 Å². The molecular weight excluding hydrogens is 707 g/mol. The highest BCUT2D eigenvalue weighted by Gasteiger charge is 2.44. The average Bonchev–Trinajstić information content (AvgIpc) is 3.20. The van der Waals surface area contributed by atoms with Crippen LogP contribution in [0.25, 0.3) is 0 Å². The highest BCUT2D eigenvalue weighted by Crippen LogP contribution is 2.22. The van der Waals surface area contributed by atoms with Gasteiger partial charge in [-0.3, -0.25) is 4.79 Å². The Labute approximate surface area is 342 Å². The number of hydrogen-bond donors (Lipinski definition) is 6. The van der Waals surface area contributed by atoms with Crippen LogP contribution < -0.4 is 5.32 Å². The maximum Gasteiger partial charge on any atom is 0.220 e. The van der Waals surface area contributed by atoms with Crippen molar-refractivity contribution in [3.8, 4) is 0 Å². The first kappa shape index (κ1) is 52.2. The number of hydrogen-bond acceptors (Lipinski definition) is 8. The Hall–Kier alpha value is -1.85. The van der Waals surface area contributed by atoms with Gasteiger partial charge in [-0.2, -0.15) is 0 Å². The molecule has 7 atom stereocenters. The summed E-state index contributed by atoms with van der Waals surface area (Å²) in [7, 11) is 0. The minimum absolute atomic E-state index is 0.195. The lowest BCUT2D eigenvalue weighted by atomic mass is 9.99. The summed E-state index contributed by atoms with van der Waals surface area (Å²) in [4.78, 5) is 12.9. The fourth-order valence-corrected chi connectivity index (χ4v) is 6.95. The molecular formula is C47H85NO8. The van der Waals surface area contributed by atoms with Gasteiger partial charge in [0.05, 0.1) is 25.4 Å². The summed E-state index contributed by atoms with van der Waals surface area (Å²) in [6, 6.07) is -0.826. The number of carbonyl (C=O) groups excluding carboxylic acids is 1. The number of aliphatic hydroxyl groups is 5. The van der Waals surface area contributed by atoms with E-state index in [9.17, 15) is 30.3 Å². The number of allylic oxidation sites excluding steroid dienone is 7. The number of carbonyl (C=O) groups is 1. The largest absolute Gasteiger partial charge is 0.394 e. The molecule has 1 saturated heterocycles. The molecule has 9 nitrogen and oxygen atoms in total. The van der Waals surface area contributed by atoms with Gasteiger partial charge in [0.25, 0.3) is 0 Å². The minimum atomic E-state index is -1.57. The summed E-state index contributed by atoms with van der Waals surface area (Å²) in [5.41, 5.74) is 0. The van der Waals surface area contributed by atoms with Crippen LogP contribution in [-0.4, -0.2) is 87.5 Å². The number of nitrogens with one attached hydrogen (secondary N) is 1. The zero-order chi connectivity index (χ0) is 40.9. The van der Waals surface area contributed by atoms with Crippen molar-refractivity contribution in [3.63, 3.8) is 0 Å². The van der Waals surface area contributed by atoms with Gasteiger partial charge in [0.2, 0.25) is 5.91 Å². The molecule has 0 aliphatic carbocycles. The van der Waals surface area contributed by atoms with Crippen LogP contribution in [0.15, 0.2) is 48.6 Å². The SMILES string of the molecule is CC/C=C/CC/C=C/CC/C=C/C(O)C(COC1OC(CO)C(O)C(O)C1O)NC(=O)CCCCCCCCCCCCC/C=C\CCCCCCCCCC. The molecule has 326 valence electrons. The van der Waals surface area contributed by atoms with Gasteiger partial charge in [0, 0.05) is 6.42 Å². The van der Waals surface area contributed by atoms with E-state index in [1.807, 2.05) is 6.08 Å². The zero-order valence-corrected chi connectivity index (χ0v) is 35.6. The first-order valence-corrected chi connectivity index (χ1v) is 22.9. The van der Waals surface area contributed by atoms with Crippen LogP contribution in [0.3, 0.4) is 0 Å². The molecule has 6 N–H and O–H groups in total. The number of amides is 1. The number of unbranched alkanes of at least 4 members (excludes halogenated alkanes) is 21. The molecule has 9 heteroatoms. The van der Waals surface area contributed by atoms with E-state index in [1.54, 1.807) is 6.08 Å². The van der Waals surface area contributed by atoms with Crippen molar-refractivity contribution in [3.05, 3.63) is 48.6 Å². The topological polar surface area (TPSA) is 149 Å². The van der Waals surface area contributed by atoms with E-state index >= 15 is 0 Å². The Kier molecular flexibility index (Phi) is 34.9. The summed E-state index contributed by atoms with van der Waals surface area (Å²) in [5.74, 6) is -0.195. The molecule has 1 heterocycles. The van der Waals surface area contributed by atoms with Crippen molar-refractivity contribution < 1.29 is 39.8 Å². The molecule has 0 aromatic heterocycles. The van der Waals surface area contributed by atoms with Gasteiger partial charge in [-0.05, 0) is 64.2 Å². The molecule has 56 heavy (non-hydrogen) atoms. The summed E-state index contributed by atoms with van der Waals surface area (Å²) < 4.78 is 11.2. The van der Waals surface area contributed by atoms with Crippen LogP contribution in [0.1, 0.15) is 187 Å². The van der Waals surface area contributed by atoms with E-state index in [0.717, 1.165) is 51.4 Å². The van der Waals surface area contributed by atoms with Crippen molar-refractivity contribution in [2.45, 2.75) is 230 Å². The van der Waals surface area contributed by atoms with E-state index in [1.165, 1.54) is 116 Å². The van der Waals surface area contributed by atoms with E-state index in [0.29, 0.717) is 6.42 Å². The van der Waals surface area contributed by atoms with E-state index in [2.05, 4.69) is 55.6 Å². The Morgan fingerprint density at radius 1 is 0.607 bits per heavy atom. The molecule has 0 aromatic carbocycles. The van der Waals surface area contributed by atoms with Crippen molar-refractivity contribution in [2.24, 2.45) is 0 Å². The maximum absolute atomic E-state index is 12.9. The molecule has 1 aliphatic rings. The fraction of sp³-hybridized carbons (Fsp3) is 0.809. The van der Waals surface area contributed by atoms with E-state index in [-0.39, 0.29) is 12.5 Å². The molecule has 1 rings (SSSR count). The summed E-state index contributed by atoms with van der Waals surface area (Å²) in [6.45, 7) is 3.62. The first-order chi connectivity index (χ1) is 27.3. The van der Waals surface area contributed by atoms with Gasteiger partial charge < -0.3 is 40.3 Å². The van der Waals surface area contributed by atoms with Crippen LogP contribution in [0, 0.1) is 0 Å². The summed E-state index contributed by atoms with van der Waals surface area (Å²) >= 11 is 0. The Morgan fingerprint density at radius 2 is 1.07 bits per heavy atom. The molecule has 1 amide bonds. The Morgan fingerprint density at radius 3 is 1.59 bits per heavy atom. The summed E-state index contributed by atoms with van der Waals surface area (Å²) in [6.07, 6.45) is 40.3. The second-order valence-electron chi connectivity index (χ2n) is 15.8. The highest BCUT2D eigenvalue weighted by atomic mass is 16.7. The third kappa shape index (κ3) is 27.7. The van der Waals surface area contributed by atoms with E-state index < -0.39 is 49.5 Å². The molecule has 0 radical (unpaired) electrons. The number of rotatable bonds is 37. The molecule has 0 aromatic rings. The Bertz CT molecular complexity index is 1010. The lowest BCUT2D eigenvalue weighted by Gasteiger charge is -2.40. The molecule has 0 spiro atoms. The zero-order valence-electron chi connectivity index (χ0n) is 35.6. The van der Waals surface area contributed by atoms with Crippen LogP contribution in [0.5, 0.6) is 0 Å². The summed E-state index contributed by atoms with van der Waals surface area (Å²) in [5, 5.41) is 54.0. The maximum atomic E-state index is 12.9. The smallest absolute Gasteiger partial charge is 0.220 e. The second kappa shape index (κ2) is 37.4. The lowest BCUT2D eigenvalue weighted by molar-refractivity contribution is -0.302. The molecule has 1 aliphatic heterocycles. The van der Waals surface area contributed by atoms with E-state index in [4.69, 9.17) is 9.47 Å². The Balaban J connectivity index is 2.27. The van der Waals surface area contributed by atoms with Gasteiger partial charge in [-0.15, -0.1) is 0 Å². The van der Waals surface area contributed by atoms with Gasteiger partial charge in [0.1, 0.15) is 24.4 Å². The lowest BCUT2D eigenvalue weighted by Crippen LogP contribution is -2.60. The van der Waals surface area contributed by atoms with Gasteiger partial charge in [-0.25, -0.2) is 0 Å². The van der Waals surface area contributed by atoms with Crippen molar-refractivity contribution in [2.75, 3.05) is 13.2 Å². The van der Waals surface area contributed by atoms with Crippen molar-refractivity contribution in [1.82, 2.24) is 5.32 Å². The van der Waals surface area contributed by atoms with Gasteiger partial charge in [0.15, 0.2) is 6.29 Å². The molecule has 0 bridgehead atoms. The monoisotopic (exact) mass is 792 g/mol. The van der Waals surface area contributed by atoms with Crippen LogP contribution >= 0.6 is 0 Å². The van der Waals surface area contributed by atoms with Crippen LogP contribution in [0.2, 0.25) is 0 Å². The predicted octanol–water partition coefficient (Wildman–Crippen LogP) is 9.45. The van der Waals surface area contributed by atoms with Crippen LogP contribution in [-0.2, 0) is 14.3 Å². The normalized spacial score (nSPS) is 21.6. The quantitative estimate of drug-likeness (QED) is 0.0269. The second-order valence-corrected chi connectivity index (χ2v) is 15.8. The highest BCUT2D eigenvalue weighted by molar-refractivity contribution is 5.76. The van der Waals surface area contributed by atoms with Crippen LogP contribution in [0.4, 0.5) is 0 Å². The molecule has 1 fully saturated rings. The predicted molar refractivity (Wildman–Crippen MR) is 230 cm³/mol. The molecule has 0 saturated carbocycles. The van der Waals surface area contributed by atoms with Crippen molar-refractivity contribution >= 4 is 5.91 Å². The number of aliphatic hydroxyl groups excluding tert-OH is 5. The fourth-order valence-electron chi connectivity index (χ4n) is 6.95. The third-order valence-corrected chi connectivity index (χ3v) is 10.6. The minimum Gasteiger partial charge on any atom is -0.394 e. The first-order valence-electron chi connectivity index (χ1n) is 22.9. The van der Waals surface area contributed by atoms with Gasteiger partial charge in [-0.1, -0.05) is 165 Å². The van der Waals surface area contributed by atoms with Crippen molar-refractivity contribution in [1.29, 1.82) is 0 Å².